The average Bonchev–Trinajstić information content (AvgIpc) is 2.71. The molecule has 1 heterocycles. The monoisotopic (exact) mass is 369 g/mol. The Hall–Kier alpha value is -3.22. The summed E-state index contributed by atoms with van der Waals surface area (Å²) in [5.74, 6) is -1.31. The number of para-hydroxylation sites is 1. The molecule has 7 nitrogen and oxygen atoms in total. The van der Waals surface area contributed by atoms with Gasteiger partial charge in [-0.25, -0.2) is 9.78 Å². The molecule has 0 atom stereocenters. The van der Waals surface area contributed by atoms with Gasteiger partial charge < -0.3 is 15.0 Å². The Morgan fingerprint density at radius 2 is 1.78 bits per heavy atom. The minimum Gasteiger partial charge on any atom is -0.465 e. The Kier molecular flexibility index (Phi) is 7.05. The van der Waals surface area contributed by atoms with E-state index in [1.165, 1.54) is 13.2 Å². The van der Waals surface area contributed by atoms with E-state index >= 15 is 0 Å². The highest BCUT2D eigenvalue weighted by molar-refractivity contribution is 6.07. The van der Waals surface area contributed by atoms with Crippen molar-refractivity contribution >= 4 is 23.5 Å². The van der Waals surface area contributed by atoms with Crippen LogP contribution in [-0.2, 0) is 4.74 Å². The second-order valence-corrected chi connectivity index (χ2v) is 5.98. The summed E-state index contributed by atoms with van der Waals surface area (Å²) in [7, 11) is 2.98. The van der Waals surface area contributed by atoms with Crippen LogP contribution < -0.4 is 5.32 Å². The number of anilines is 1. The highest BCUT2D eigenvalue weighted by Crippen LogP contribution is 2.17. The second kappa shape index (κ2) is 9.47. The van der Waals surface area contributed by atoms with Crippen LogP contribution in [0.1, 0.15) is 51.1 Å². The zero-order valence-electron chi connectivity index (χ0n) is 15.7. The van der Waals surface area contributed by atoms with Gasteiger partial charge in [-0.1, -0.05) is 31.5 Å². The van der Waals surface area contributed by atoms with Crippen LogP contribution >= 0.6 is 0 Å². The molecule has 2 aromatic rings. The first-order chi connectivity index (χ1) is 13.0. The molecule has 0 bridgehead atoms. The molecule has 27 heavy (non-hydrogen) atoms. The Morgan fingerprint density at radius 1 is 1.07 bits per heavy atom. The fourth-order valence-corrected chi connectivity index (χ4v) is 2.44. The van der Waals surface area contributed by atoms with Crippen LogP contribution in [0.4, 0.5) is 5.69 Å². The summed E-state index contributed by atoms with van der Waals surface area (Å²) < 4.78 is 4.72. The van der Waals surface area contributed by atoms with Crippen molar-refractivity contribution < 1.29 is 19.1 Å². The summed E-state index contributed by atoms with van der Waals surface area (Å²) in [6.07, 6.45) is 1.87. The molecule has 0 fully saturated rings. The summed E-state index contributed by atoms with van der Waals surface area (Å²) in [5, 5.41) is 2.64. The Balaban J connectivity index is 2.19. The lowest BCUT2D eigenvalue weighted by Crippen LogP contribution is -2.29. The molecule has 142 valence electrons. The molecule has 0 aliphatic carbocycles. The molecule has 0 aliphatic rings. The van der Waals surface area contributed by atoms with Crippen molar-refractivity contribution in [2.45, 2.75) is 19.8 Å². The van der Waals surface area contributed by atoms with Crippen molar-refractivity contribution in [1.82, 2.24) is 9.88 Å². The number of amides is 2. The zero-order chi connectivity index (χ0) is 19.8. The highest BCUT2D eigenvalue weighted by atomic mass is 16.5. The average molecular weight is 369 g/mol. The number of ether oxygens (including phenoxy) is 1. The minimum absolute atomic E-state index is 0.0874. The van der Waals surface area contributed by atoms with E-state index in [2.05, 4.69) is 10.3 Å². The maximum absolute atomic E-state index is 12.5. The topological polar surface area (TPSA) is 88.6 Å². The van der Waals surface area contributed by atoms with Crippen LogP contribution in [0.3, 0.4) is 0 Å². The van der Waals surface area contributed by atoms with Crippen LogP contribution in [0, 0.1) is 0 Å². The minimum atomic E-state index is -0.555. The van der Waals surface area contributed by atoms with Gasteiger partial charge in [0.2, 0.25) is 0 Å². The number of nitrogens with one attached hydrogen (secondary N) is 1. The largest absolute Gasteiger partial charge is 0.465 e. The molecule has 0 aliphatic heterocycles. The first-order valence-electron chi connectivity index (χ1n) is 8.69. The van der Waals surface area contributed by atoms with E-state index in [0.29, 0.717) is 12.2 Å². The smallest absolute Gasteiger partial charge is 0.339 e. The molecule has 0 saturated heterocycles. The molecule has 1 aromatic heterocycles. The van der Waals surface area contributed by atoms with Crippen molar-refractivity contribution in [3.63, 3.8) is 0 Å². The molecule has 2 rings (SSSR count). The predicted molar refractivity (Wildman–Crippen MR) is 102 cm³/mol. The normalized spacial score (nSPS) is 10.2. The van der Waals surface area contributed by atoms with Gasteiger partial charge in [0.1, 0.15) is 11.4 Å². The third kappa shape index (κ3) is 5.13. The van der Waals surface area contributed by atoms with Crippen LogP contribution in [0.25, 0.3) is 0 Å². The number of rotatable bonds is 7. The number of pyridine rings is 1. The van der Waals surface area contributed by atoms with Crippen LogP contribution in [-0.4, -0.2) is 48.4 Å². The van der Waals surface area contributed by atoms with Crippen LogP contribution in [0.15, 0.2) is 42.5 Å². The Bertz CT molecular complexity index is 835. The van der Waals surface area contributed by atoms with Gasteiger partial charge in [0.15, 0.2) is 0 Å². The van der Waals surface area contributed by atoms with Gasteiger partial charge >= 0.3 is 5.97 Å². The lowest BCUT2D eigenvalue weighted by atomic mass is 10.1. The maximum Gasteiger partial charge on any atom is 0.339 e. The zero-order valence-corrected chi connectivity index (χ0v) is 15.7. The lowest BCUT2D eigenvalue weighted by Gasteiger charge is -2.16. The number of hydrogen-bond acceptors (Lipinski definition) is 5. The molecule has 0 spiro atoms. The second-order valence-electron chi connectivity index (χ2n) is 5.98. The quantitative estimate of drug-likeness (QED) is 0.758. The molecule has 1 aromatic carbocycles. The summed E-state index contributed by atoms with van der Waals surface area (Å²) in [5.41, 5.74) is 0.833. The number of carbonyl (C=O) groups excluding carboxylic acids is 3. The lowest BCUT2D eigenvalue weighted by molar-refractivity contribution is 0.0601. The molecular formula is C20H23N3O4. The van der Waals surface area contributed by atoms with E-state index in [-0.39, 0.29) is 22.9 Å². The number of methoxy groups -OCH3 is 1. The number of esters is 1. The van der Waals surface area contributed by atoms with E-state index in [1.54, 1.807) is 48.3 Å². The molecule has 1 N–H and O–H groups in total. The number of carbonyl (C=O) groups is 3. The summed E-state index contributed by atoms with van der Waals surface area (Å²) >= 11 is 0. The molecule has 2 amide bonds. The fraction of sp³-hybridized carbons (Fsp3) is 0.300. The standard InChI is InChI=1S/C20H23N3O4/c1-4-5-13-23(2)19(25)17-12-8-11-16(21-17)18(24)22-15-10-7-6-9-14(15)20(26)27-3/h6-12H,4-5,13H2,1-3H3,(H,22,24). The van der Waals surface area contributed by atoms with Crippen molar-refractivity contribution in [3.05, 3.63) is 59.4 Å². The van der Waals surface area contributed by atoms with Crippen molar-refractivity contribution in [1.29, 1.82) is 0 Å². The van der Waals surface area contributed by atoms with Gasteiger partial charge in [0, 0.05) is 13.6 Å². The third-order valence-corrected chi connectivity index (χ3v) is 3.98. The van der Waals surface area contributed by atoms with E-state index in [4.69, 9.17) is 4.74 Å². The first kappa shape index (κ1) is 20.1. The predicted octanol–water partition coefficient (Wildman–Crippen LogP) is 2.99. The maximum atomic E-state index is 12.5. The first-order valence-corrected chi connectivity index (χ1v) is 8.69. The summed E-state index contributed by atoms with van der Waals surface area (Å²) in [6.45, 7) is 2.67. The number of nitrogens with zero attached hydrogens (tertiary/aromatic N) is 2. The number of hydrogen-bond donors (Lipinski definition) is 1. The molecule has 0 radical (unpaired) electrons. The molecule has 0 saturated carbocycles. The van der Waals surface area contributed by atoms with Gasteiger partial charge in [-0.05, 0) is 30.7 Å². The summed E-state index contributed by atoms with van der Waals surface area (Å²) in [4.78, 5) is 42.6. The Labute approximate surface area is 158 Å². The van der Waals surface area contributed by atoms with Crippen molar-refractivity contribution in [3.8, 4) is 0 Å². The molecule has 7 heteroatoms. The van der Waals surface area contributed by atoms with E-state index in [9.17, 15) is 14.4 Å². The SMILES string of the molecule is CCCCN(C)C(=O)c1cccc(C(=O)Nc2ccccc2C(=O)OC)n1. The van der Waals surface area contributed by atoms with Crippen molar-refractivity contribution in [2.24, 2.45) is 0 Å². The van der Waals surface area contributed by atoms with Gasteiger partial charge in [0.25, 0.3) is 11.8 Å². The van der Waals surface area contributed by atoms with E-state index in [1.807, 2.05) is 6.92 Å². The number of aromatic nitrogens is 1. The molecular weight excluding hydrogens is 346 g/mol. The van der Waals surface area contributed by atoms with Crippen LogP contribution in [0.2, 0.25) is 0 Å². The van der Waals surface area contributed by atoms with E-state index in [0.717, 1.165) is 12.8 Å². The van der Waals surface area contributed by atoms with E-state index < -0.39 is 11.9 Å². The third-order valence-electron chi connectivity index (χ3n) is 3.98. The number of unbranched alkanes of at least 4 members (excludes halogenated alkanes) is 1. The van der Waals surface area contributed by atoms with Gasteiger partial charge in [-0.2, -0.15) is 0 Å². The van der Waals surface area contributed by atoms with Crippen molar-refractivity contribution in [2.75, 3.05) is 26.0 Å². The fourth-order valence-electron chi connectivity index (χ4n) is 2.44. The van der Waals surface area contributed by atoms with Gasteiger partial charge in [0.05, 0.1) is 18.4 Å². The Morgan fingerprint density at radius 3 is 2.48 bits per heavy atom. The van der Waals surface area contributed by atoms with Gasteiger partial charge in [-0.3, -0.25) is 9.59 Å². The number of benzene rings is 1. The summed E-state index contributed by atoms with van der Waals surface area (Å²) in [6, 6.07) is 11.2. The van der Waals surface area contributed by atoms with Gasteiger partial charge in [-0.15, -0.1) is 0 Å². The highest BCUT2D eigenvalue weighted by Gasteiger charge is 2.18. The van der Waals surface area contributed by atoms with Crippen LogP contribution in [0.5, 0.6) is 0 Å². The molecule has 0 unspecified atom stereocenters.